The van der Waals surface area contributed by atoms with Crippen molar-refractivity contribution in [2.24, 2.45) is 11.8 Å². The molecular weight excluding hydrogens is 189 g/mol. The van der Waals surface area contributed by atoms with Crippen LogP contribution in [0.1, 0.15) is 45.4 Å². The molecule has 0 aromatic carbocycles. The van der Waals surface area contributed by atoms with E-state index < -0.39 is 6.17 Å². The Hall–Kier alpha value is -0.110. The molecule has 2 aliphatic rings. The Labute approximate surface area is 93.0 Å². The summed E-state index contributed by atoms with van der Waals surface area (Å²) in [5.74, 6) is 1.23. The molecule has 0 spiro atoms. The van der Waals surface area contributed by atoms with Crippen molar-refractivity contribution in [2.75, 3.05) is 19.6 Å². The fourth-order valence-electron chi connectivity index (χ4n) is 3.35. The lowest BCUT2D eigenvalue weighted by Crippen LogP contribution is -3.14. The first kappa shape index (κ1) is 11.4. The number of rotatable bonds is 2. The van der Waals surface area contributed by atoms with Crippen LogP contribution in [0.15, 0.2) is 0 Å². The molecule has 1 aliphatic carbocycles. The molecule has 4 unspecified atom stereocenters. The quantitative estimate of drug-likeness (QED) is 0.715. The van der Waals surface area contributed by atoms with Crippen LogP contribution >= 0.6 is 0 Å². The van der Waals surface area contributed by atoms with E-state index in [0.29, 0.717) is 5.92 Å². The zero-order valence-corrected chi connectivity index (χ0v) is 9.97. The predicted molar refractivity (Wildman–Crippen MR) is 60.8 cm³/mol. The van der Waals surface area contributed by atoms with Crippen LogP contribution in [0.2, 0.25) is 0 Å². The van der Waals surface area contributed by atoms with Crippen LogP contribution < -0.4 is 4.90 Å². The van der Waals surface area contributed by atoms with Crippen LogP contribution in [0.3, 0.4) is 0 Å². The fraction of sp³-hybridized carbons (Fsp3) is 1.00. The normalized spacial score (nSPS) is 42.8. The van der Waals surface area contributed by atoms with E-state index >= 15 is 0 Å². The Morgan fingerprint density at radius 3 is 2.67 bits per heavy atom. The Morgan fingerprint density at radius 2 is 1.93 bits per heavy atom. The lowest BCUT2D eigenvalue weighted by atomic mass is 9.86. The van der Waals surface area contributed by atoms with E-state index in [0.717, 1.165) is 31.7 Å². The average Bonchev–Trinajstić information content (AvgIpc) is 2.22. The molecule has 1 aliphatic heterocycles. The summed E-state index contributed by atoms with van der Waals surface area (Å²) in [6.45, 7) is 6.01. The minimum absolute atomic E-state index is 0.374. The monoisotopic (exact) mass is 214 g/mol. The maximum absolute atomic E-state index is 13.7. The minimum atomic E-state index is -0.497. The van der Waals surface area contributed by atoms with Gasteiger partial charge in [-0.25, -0.2) is 4.39 Å². The summed E-state index contributed by atoms with van der Waals surface area (Å²) in [5.41, 5.74) is 0. The second kappa shape index (κ2) is 5.29. The SMILES string of the molecule is CC1CCC[NH+](CC2CCCCC2F)C1. The number of hydrogen-bond donors (Lipinski definition) is 1. The van der Waals surface area contributed by atoms with Crippen molar-refractivity contribution in [3.8, 4) is 0 Å². The van der Waals surface area contributed by atoms with Gasteiger partial charge < -0.3 is 4.90 Å². The minimum Gasteiger partial charge on any atom is -0.334 e. The van der Waals surface area contributed by atoms with Gasteiger partial charge in [-0.15, -0.1) is 0 Å². The van der Waals surface area contributed by atoms with Gasteiger partial charge in [-0.1, -0.05) is 19.8 Å². The number of likely N-dealkylation sites (tertiary alicyclic amines) is 1. The molecule has 0 aromatic heterocycles. The smallest absolute Gasteiger partial charge is 0.108 e. The molecule has 1 N–H and O–H groups in total. The average molecular weight is 214 g/mol. The third-order valence-corrected chi connectivity index (χ3v) is 4.23. The van der Waals surface area contributed by atoms with Gasteiger partial charge in [0.2, 0.25) is 0 Å². The molecule has 2 rings (SSSR count). The Balaban J connectivity index is 1.79. The first-order chi connectivity index (χ1) is 7.25. The molecule has 1 saturated carbocycles. The third-order valence-electron chi connectivity index (χ3n) is 4.23. The molecule has 88 valence electrons. The molecular formula is C13H25FN+. The molecule has 0 amide bonds. The summed E-state index contributed by atoms with van der Waals surface area (Å²) < 4.78 is 13.7. The number of halogens is 1. The molecule has 4 atom stereocenters. The summed E-state index contributed by atoms with van der Waals surface area (Å²) >= 11 is 0. The van der Waals surface area contributed by atoms with Gasteiger partial charge in [-0.2, -0.15) is 0 Å². The maximum Gasteiger partial charge on any atom is 0.108 e. The van der Waals surface area contributed by atoms with Gasteiger partial charge in [0.05, 0.1) is 19.6 Å². The van der Waals surface area contributed by atoms with Gasteiger partial charge in [-0.3, -0.25) is 0 Å². The summed E-state index contributed by atoms with van der Waals surface area (Å²) in [5, 5.41) is 0. The van der Waals surface area contributed by atoms with Gasteiger partial charge in [0.15, 0.2) is 0 Å². The molecule has 0 bridgehead atoms. The molecule has 2 fully saturated rings. The first-order valence-electron chi connectivity index (χ1n) is 6.73. The zero-order chi connectivity index (χ0) is 10.7. The number of quaternary nitrogens is 1. The zero-order valence-electron chi connectivity index (χ0n) is 9.97. The molecule has 1 saturated heterocycles. The van der Waals surface area contributed by atoms with Crippen LogP contribution in [0, 0.1) is 11.8 Å². The number of nitrogens with one attached hydrogen (secondary N) is 1. The Kier molecular flexibility index (Phi) is 4.01. The van der Waals surface area contributed by atoms with Crippen molar-refractivity contribution in [3.63, 3.8) is 0 Å². The van der Waals surface area contributed by atoms with Crippen LogP contribution in [0.4, 0.5) is 4.39 Å². The highest BCUT2D eigenvalue weighted by Gasteiger charge is 2.30. The maximum atomic E-state index is 13.7. The topological polar surface area (TPSA) is 4.44 Å². The third kappa shape index (κ3) is 3.17. The van der Waals surface area contributed by atoms with Gasteiger partial charge in [0.25, 0.3) is 0 Å². The number of piperidine rings is 1. The predicted octanol–water partition coefficient (Wildman–Crippen LogP) is 1.83. The van der Waals surface area contributed by atoms with E-state index in [1.54, 1.807) is 4.90 Å². The fourth-order valence-corrected chi connectivity index (χ4v) is 3.35. The van der Waals surface area contributed by atoms with E-state index in [2.05, 4.69) is 6.92 Å². The molecule has 1 heterocycles. The molecule has 15 heavy (non-hydrogen) atoms. The van der Waals surface area contributed by atoms with E-state index in [1.165, 1.54) is 32.4 Å². The lowest BCUT2D eigenvalue weighted by molar-refractivity contribution is -0.912. The second-order valence-corrected chi connectivity index (χ2v) is 5.72. The summed E-state index contributed by atoms with van der Waals surface area (Å²) in [6.07, 6.45) is 6.57. The second-order valence-electron chi connectivity index (χ2n) is 5.72. The molecule has 0 aromatic rings. The Morgan fingerprint density at radius 1 is 1.13 bits per heavy atom. The molecule has 0 radical (unpaired) electrons. The summed E-state index contributed by atoms with van der Waals surface area (Å²) in [7, 11) is 0. The van der Waals surface area contributed by atoms with Crippen LogP contribution in [-0.2, 0) is 0 Å². The number of alkyl halides is 1. The van der Waals surface area contributed by atoms with E-state index in [1.807, 2.05) is 0 Å². The van der Waals surface area contributed by atoms with Crippen molar-refractivity contribution in [1.29, 1.82) is 0 Å². The van der Waals surface area contributed by atoms with Crippen molar-refractivity contribution in [1.82, 2.24) is 0 Å². The lowest BCUT2D eigenvalue weighted by Gasteiger charge is -2.33. The van der Waals surface area contributed by atoms with E-state index in [4.69, 9.17) is 0 Å². The highest BCUT2D eigenvalue weighted by atomic mass is 19.1. The molecule has 2 heteroatoms. The van der Waals surface area contributed by atoms with Gasteiger partial charge in [0.1, 0.15) is 6.17 Å². The van der Waals surface area contributed by atoms with Crippen molar-refractivity contribution < 1.29 is 9.29 Å². The van der Waals surface area contributed by atoms with Crippen molar-refractivity contribution >= 4 is 0 Å². The summed E-state index contributed by atoms with van der Waals surface area (Å²) in [6, 6.07) is 0. The van der Waals surface area contributed by atoms with Crippen molar-refractivity contribution in [2.45, 2.75) is 51.6 Å². The van der Waals surface area contributed by atoms with Crippen LogP contribution in [-0.4, -0.2) is 25.8 Å². The van der Waals surface area contributed by atoms with E-state index in [9.17, 15) is 4.39 Å². The van der Waals surface area contributed by atoms with Crippen LogP contribution in [0.25, 0.3) is 0 Å². The molecule has 1 nitrogen and oxygen atoms in total. The first-order valence-corrected chi connectivity index (χ1v) is 6.73. The number of hydrogen-bond acceptors (Lipinski definition) is 0. The highest BCUT2D eigenvalue weighted by Crippen LogP contribution is 2.25. The van der Waals surface area contributed by atoms with Crippen molar-refractivity contribution in [3.05, 3.63) is 0 Å². The largest absolute Gasteiger partial charge is 0.334 e. The van der Waals surface area contributed by atoms with Crippen LogP contribution in [0.5, 0.6) is 0 Å². The van der Waals surface area contributed by atoms with Gasteiger partial charge in [-0.05, 0) is 25.7 Å². The van der Waals surface area contributed by atoms with E-state index in [-0.39, 0.29) is 0 Å². The van der Waals surface area contributed by atoms with Gasteiger partial charge in [0, 0.05) is 11.8 Å². The van der Waals surface area contributed by atoms with Gasteiger partial charge >= 0.3 is 0 Å². The summed E-state index contributed by atoms with van der Waals surface area (Å²) in [4.78, 5) is 1.67. The standard InChI is InChI=1S/C13H24FN/c1-11-5-4-8-15(9-11)10-12-6-2-3-7-13(12)14/h11-13H,2-10H2,1H3/p+1. The Bertz CT molecular complexity index is 195. The highest BCUT2D eigenvalue weighted by molar-refractivity contribution is 4.74.